The van der Waals surface area contributed by atoms with Crippen LogP contribution < -0.4 is 0 Å². The zero-order valence-electron chi connectivity index (χ0n) is 7.69. The van der Waals surface area contributed by atoms with Crippen LogP contribution in [0, 0.1) is 5.92 Å². The summed E-state index contributed by atoms with van der Waals surface area (Å²) < 4.78 is 0. The molecule has 2 unspecified atom stereocenters. The van der Waals surface area contributed by atoms with Gasteiger partial charge in [0.1, 0.15) is 0 Å². The monoisotopic (exact) mass is 177 g/mol. The number of hydrogen-bond acceptors (Lipinski definition) is 2. The second-order valence-corrected chi connectivity index (χ2v) is 3.86. The van der Waals surface area contributed by atoms with Gasteiger partial charge in [0.05, 0.1) is 6.10 Å². The third-order valence-electron chi connectivity index (χ3n) is 2.74. The molecule has 1 heterocycles. The van der Waals surface area contributed by atoms with Gasteiger partial charge in [-0.05, 0) is 43.7 Å². The third kappa shape index (κ3) is 2.28. The lowest BCUT2D eigenvalue weighted by Gasteiger charge is -2.07. The van der Waals surface area contributed by atoms with E-state index in [9.17, 15) is 5.11 Å². The maximum atomic E-state index is 9.36. The van der Waals surface area contributed by atoms with Gasteiger partial charge in [0, 0.05) is 11.9 Å². The van der Waals surface area contributed by atoms with Gasteiger partial charge in [-0.1, -0.05) is 6.07 Å². The molecule has 2 atom stereocenters. The Kier molecular flexibility index (Phi) is 2.60. The molecule has 0 aromatic carbocycles. The molecule has 0 aliphatic heterocycles. The molecule has 1 aromatic heterocycles. The van der Waals surface area contributed by atoms with E-state index in [1.807, 2.05) is 18.3 Å². The van der Waals surface area contributed by atoms with Crippen molar-refractivity contribution in [3.8, 4) is 0 Å². The van der Waals surface area contributed by atoms with Crippen molar-refractivity contribution in [1.82, 2.24) is 4.98 Å². The van der Waals surface area contributed by atoms with E-state index in [4.69, 9.17) is 0 Å². The molecule has 2 nitrogen and oxygen atoms in total. The summed E-state index contributed by atoms with van der Waals surface area (Å²) in [5.41, 5.74) is 1.15. The summed E-state index contributed by atoms with van der Waals surface area (Å²) in [6.45, 7) is 0. The highest BCUT2D eigenvalue weighted by Gasteiger charge is 2.22. The Morgan fingerprint density at radius 3 is 2.92 bits per heavy atom. The van der Waals surface area contributed by atoms with Crippen LogP contribution in [0.5, 0.6) is 0 Å². The Labute approximate surface area is 78.6 Å². The number of aliphatic hydroxyl groups is 1. The topological polar surface area (TPSA) is 33.1 Å². The Morgan fingerprint density at radius 1 is 1.38 bits per heavy atom. The molecule has 13 heavy (non-hydrogen) atoms. The number of rotatable bonds is 2. The predicted molar refractivity (Wildman–Crippen MR) is 51.3 cm³/mol. The molecule has 2 rings (SSSR count). The SMILES string of the molecule is OC1CCC(Cc2ccccn2)C1. The van der Waals surface area contributed by atoms with Crippen molar-refractivity contribution < 1.29 is 5.11 Å². The summed E-state index contributed by atoms with van der Waals surface area (Å²) in [5.74, 6) is 0.643. The minimum absolute atomic E-state index is 0.0614. The standard InChI is InChI=1S/C11H15NO/c13-11-5-4-9(8-11)7-10-3-1-2-6-12-10/h1-3,6,9,11,13H,4-5,7-8H2. The summed E-state index contributed by atoms with van der Waals surface area (Å²) >= 11 is 0. The lowest BCUT2D eigenvalue weighted by Crippen LogP contribution is -2.04. The Bertz CT molecular complexity index is 260. The van der Waals surface area contributed by atoms with Gasteiger partial charge in [-0.15, -0.1) is 0 Å². The number of hydrogen-bond donors (Lipinski definition) is 1. The van der Waals surface area contributed by atoms with Gasteiger partial charge in [-0.3, -0.25) is 4.98 Å². The van der Waals surface area contributed by atoms with Crippen LogP contribution in [0.1, 0.15) is 25.0 Å². The van der Waals surface area contributed by atoms with Crippen LogP contribution in [0.3, 0.4) is 0 Å². The first-order valence-electron chi connectivity index (χ1n) is 4.92. The number of aromatic nitrogens is 1. The fraction of sp³-hybridized carbons (Fsp3) is 0.545. The molecule has 0 spiro atoms. The van der Waals surface area contributed by atoms with Gasteiger partial charge in [-0.2, -0.15) is 0 Å². The van der Waals surface area contributed by atoms with Crippen LogP contribution in [0.2, 0.25) is 0 Å². The normalized spacial score (nSPS) is 27.8. The van der Waals surface area contributed by atoms with Gasteiger partial charge in [0.15, 0.2) is 0 Å². The zero-order valence-corrected chi connectivity index (χ0v) is 7.69. The zero-order chi connectivity index (χ0) is 9.10. The van der Waals surface area contributed by atoms with E-state index < -0.39 is 0 Å². The maximum Gasteiger partial charge on any atom is 0.0543 e. The number of nitrogens with zero attached hydrogens (tertiary/aromatic N) is 1. The first-order valence-corrected chi connectivity index (χ1v) is 4.92. The molecule has 0 amide bonds. The predicted octanol–water partition coefficient (Wildman–Crippen LogP) is 1.79. The third-order valence-corrected chi connectivity index (χ3v) is 2.74. The summed E-state index contributed by atoms with van der Waals surface area (Å²) in [4.78, 5) is 4.29. The first-order chi connectivity index (χ1) is 6.34. The second kappa shape index (κ2) is 3.88. The molecule has 0 saturated heterocycles. The average Bonchev–Trinajstić information content (AvgIpc) is 2.53. The van der Waals surface area contributed by atoms with Crippen LogP contribution in [0.15, 0.2) is 24.4 Å². The van der Waals surface area contributed by atoms with Crippen LogP contribution in [0.4, 0.5) is 0 Å². The van der Waals surface area contributed by atoms with Crippen molar-refractivity contribution in [2.45, 2.75) is 31.8 Å². The second-order valence-electron chi connectivity index (χ2n) is 3.86. The fourth-order valence-electron chi connectivity index (χ4n) is 2.05. The average molecular weight is 177 g/mol. The maximum absolute atomic E-state index is 9.36. The van der Waals surface area contributed by atoms with Crippen LogP contribution >= 0.6 is 0 Å². The molecule has 70 valence electrons. The Morgan fingerprint density at radius 2 is 2.31 bits per heavy atom. The molecular weight excluding hydrogens is 162 g/mol. The quantitative estimate of drug-likeness (QED) is 0.747. The summed E-state index contributed by atoms with van der Waals surface area (Å²) in [7, 11) is 0. The van der Waals surface area contributed by atoms with Crippen molar-refractivity contribution in [2.24, 2.45) is 5.92 Å². The summed E-state index contributed by atoms with van der Waals surface area (Å²) in [6, 6.07) is 6.02. The van der Waals surface area contributed by atoms with E-state index in [0.717, 1.165) is 31.4 Å². The van der Waals surface area contributed by atoms with Crippen molar-refractivity contribution in [1.29, 1.82) is 0 Å². The lowest BCUT2D eigenvalue weighted by atomic mass is 10.0. The highest BCUT2D eigenvalue weighted by molar-refractivity contribution is 5.04. The van der Waals surface area contributed by atoms with Crippen molar-refractivity contribution in [3.63, 3.8) is 0 Å². The van der Waals surface area contributed by atoms with Crippen LogP contribution in [-0.4, -0.2) is 16.2 Å². The number of aliphatic hydroxyl groups excluding tert-OH is 1. The largest absolute Gasteiger partial charge is 0.393 e. The minimum Gasteiger partial charge on any atom is -0.393 e. The number of pyridine rings is 1. The van der Waals surface area contributed by atoms with Crippen molar-refractivity contribution in [3.05, 3.63) is 30.1 Å². The van der Waals surface area contributed by atoms with Gasteiger partial charge in [0.2, 0.25) is 0 Å². The highest BCUT2D eigenvalue weighted by Crippen LogP contribution is 2.27. The Hall–Kier alpha value is -0.890. The lowest BCUT2D eigenvalue weighted by molar-refractivity contribution is 0.177. The van der Waals surface area contributed by atoms with Gasteiger partial charge in [0.25, 0.3) is 0 Å². The molecular formula is C11H15NO. The van der Waals surface area contributed by atoms with Gasteiger partial charge < -0.3 is 5.11 Å². The first kappa shape index (κ1) is 8.70. The van der Waals surface area contributed by atoms with E-state index in [0.29, 0.717) is 5.92 Å². The molecule has 0 radical (unpaired) electrons. The van der Waals surface area contributed by atoms with Crippen LogP contribution in [0.25, 0.3) is 0 Å². The molecule has 1 aliphatic rings. The summed E-state index contributed by atoms with van der Waals surface area (Å²) in [6.07, 6.45) is 5.87. The molecule has 1 N–H and O–H groups in total. The van der Waals surface area contributed by atoms with E-state index in [1.165, 1.54) is 0 Å². The van der Waals surface area contributed by atoms with E-state index in [2.05, 4.69) is 11.1 Å². The molecule has 1 aromatic rings. The van der Waals surface area contributed by atoms with Crippen molar-refractivity contribution >= 4 is 0 Å². The molecule has 1 aliphatic carbocycles. The highest BCUT2D eigenvalue weighted by atomic mass is 16.3. The molecule has 1 saturated carbocycles. The Balaban J connectivity index is 1.92. The van der Waals surface area contributed by atoms with E-state index in [-0.39, 0.29) is 6.10 Å². The molecule has 2 heteroatoms. The fourth-order valence-corrected chi connectivity index (χ4v) is 2.05. The van der Waals surface area contributed by atoms with Crippen molar-refractivity contribution in [2.75, 3.05) is 0 Å². The molecule has 0 bridgehead atoms. The van der Waals surface area contributed by atoms with Gasteiger partial charge >= 0.3 is 0 Å². The van der Waals surface area contributed by atoms with Crippen LogP contribution in [-0.2, 0) is 6.42 Å². The minimum atomic E-state index is -0.0614. The van der Waals surface area contributed by atoms with E-state index >= 15 is 0 Å². The van der Waals surface area contributed by atoms with E-state index in [1.54, 1.807) is 0 Å². The smallest absolute Gasteiger partial charge is 0.0543 e. The summed E-state index contributed by atoms with van der Waals surface area (Å²) in [5, 5.41) is 9.36. The van der Waals surface area contributed by atoms with Gasteiger partial charge in [-0.25, -0.2) is 0 Å². The molecule has 1 fully saturated rings.